The molecule has 1 heterocycles. The van der Waals surface area contributed by atoms with Crippen LogP contribution in [-0.4, -0.2) is 66.8 Å². The van der Waals surface area contributed by atoms with Crippen molar-refractivity contribution in [1.29, 1.82) is 0 Å². The molecule has 1 aliphatic rings. The Kier molecular flexibility index (Phi) is 9.67. The molecule has 0 unspecified atom stereocenters. The molecule has 1 fully saturated rings. The highest BCUT2D eigenvalue weighted by molar-refractivity contribution is 7.89. The van der Waals surface area contributed by atoms with Crippen molar-refractivity contribution in [2.24, 2.45) is 5.73 Å². The summed E-state index contributed by atoms with van der Waals surface area (Å²) in [7, 11) is -3.88. The minimum Gasteiger partial charge on any atom is -0.478 e. The van der Waals surface area contributed by atoms with Crippen LogP contribution >= 0.6 is 12.4 Å². The molecule has 192 valence electrons. The second-order valence-corrected chi connectivity index (χ2v) is 9.93. The molecule has 1 atom stereocenters. The quantitative estimate of drug-likeness (QED) is 0.525. The molecule has 0 saturated carbocycles. The molecule has 1 amide bonds. The number of carbonyl (C=O) groups excluding carboxylic acids is 1. The van der Waals surface area contributed by atoms with Crippen molar-refractivity contribution in [3.8, 4) is 0 Å². The Morgan fingerprint density at radius 2 is 1.60 bits per heavy atom. The largest absolute Gasteiger partial charge is 0.478 e. The Labute approximate surface area is 207 Å². The number of nitrogens with two attached hydrogens (primary N) is 1. The Bertz CT molecular complexity index is 1180. The summed E-state index contributed by atoms with van der Waals surface area (Å²) in [5.41, 5.74) is 5.76. The van der Waals surface area contributed by atoms with Crippen molar-refractivity contribution in [1.82, 2.24) is 9.21 Å². The Morgan fingerprint density at radius 1 is 0.971 bits per heavy atom. The topological polar surface area (TPSA) is 121 Å². The fourth-order valence-corrected chi connectivity index (χ4v) is 5.20. The number of carboxylic acid groups (broad SMARTS) is 1. The summed E-state index contributed by atoms with van der Waals surface area (Å²) in [5, 5.41) is 8.97. The lowest BCUT2D eigenvalue weighted by molar-refractivity contribution is -0.131. The first-order chi connectivity index (χ1) is 16.0. The van der Waals surface area contributed by atoms with Crippen LogP contribution in [0.2, 0.25) is 0 Å². The summed E-state index contributed by atoms with van der Waals surface area (Å²) in [4.78, 5) is 25.1. The first-order valence-corrected chi connectivity index (χ1v) is 11.9. The fraction of sp³-hybridized carbons (Fsp3) is 0.364. The van der Waals surface area contributed by atoms with Crippen molar-refractivity contribution in [2.45, 2.75) is 30.2 Å². The van der Waals surface area contributed by atoms with Crippen LogP contribution in [0.4, 0.5) is 13.2 Å². The van der Waals surface area contributed by atoms with Crippen LogP contribution in [0.5, 0.6) is 0 Å². The first-order valence-electron chi connectivity index (χ1n) is 10.5. The molecule has 2 aromatic carbocycles. The minimum absolute atomic E-state index is 0. The highest BCUT2D eigenvalue weighted by Gasteiger charge is 2.29. The molecule has 13 heteroatoms. The second-order valence-electron chi connectivity index (χ2n) is 7.99. The number of hydrogen-bond acceptors (Lipinski definition) is 5. The summed E-state index contributed by atoms with van der Waals surface area (Å²) in [6.07, 6.45) is 0.0164. The average molecular weight is 536 g/mol. The third kappa shape index (κ3) is 6.94. The number of rotatable bonds is 7. The summed E-state index contributed by atoms with van der Waals surface area (Å²) >= 11 is 0. The number of halogens is 4. The fourth-order valence-electron chi connectivity index (χ4n) is 3.73. The number of nitrogens with zero attached hydrogens (tertiary/aromatic N) is 2. The molecule has 35 heavy (non-hydrogen) atoms. The van der Waals surface area contributed by atoms with Crippen molar-refractivity contribution >= 4 is 34.3 Å². The minimum atomic E-state index is -3.88. The maximum atomic E-state index is 13.8. The van der Waals surface area contributed by atoms with E-state index >= 15 is 0 Å². The van der Waals surface area contributed by atoms with Gasteiger partial charge in [-0.25, -0.2) is 26.4 Å². The zero-order valence-electron chi connectivity index (χ0n) is 18.5. The molecule has 0 bridgehead atoms. The van der Waals surface area contributed by atoms with Crippen molar-refractivity contribution in [2.75, 3.05) is 26.2 Å². The summed E-state index contributed by atoms with van der Waals surface area (Å²) in [6.45, 7) is 0.591. The predicted molar refractivity (Wildman–Crippen MR) is 123 cm³/mol. The van der Waals surface area contributed by atoms with E-state index in [0.29, 0.717) is 18.6 Å². The molecule has 3 rings (SSSR count). The van der Waals surface area contributed by atoms with Gasteiger partial charge in [0.15, 0.2) is 11.6 Å². The molecular weight excluding hydrogens is 511 g/mol. The number of hydrogen-bond donors (Lipinski definition) is 2. The molecule has 0 radical (unpaired) electrons. The number of amides is 1. The zero-order valence-corrected chi connectivity index (χ0v) is 20.1. The molecule has 0 aliphatic carbocycles. The Balaban J connectivity index is 0.00000432. The van der Waals surface area contributed by atoms with E-state index in [1.165, 1.54) is 33.5 Å². The van der Waals surface area contributed by atoms with Gasteiger partial charge in [-0.2, -0.15) is 4.31 Å². The molecule has 2 aromatic rings. The average Bonchev–Trinajstić information content (AvgIpc) is 3.04. The van der Waals surface area contributed by atoms with E-state index in [9.17, 15) is 31.2 Å². The maximum Gasteiger partial charge on any atom is 0.335 e. The van der Waals surface area contributed by atoms with E-state index in [1.807, 2.05) is 0 Å². The Morgan fingerprint density at radius 3 is 2.23 bits per heavy atom. The number of benzene rings is 2. The summed E-state index contributed by atoms with van der Waals surface area (Å²) in [5.74, 6) is -5.00. The molecular formula is C22H25ClF3N3O5S. The molecule has 1 saturated heterocycles. The van der Waals surface area contributed by atoms with Gasteiger partial charge < -0.3 is 15.7 Å². The number of carboxylic acids is 1. The van der Waals surface area contributed by atoms with Crippen LogP contribution in [0.1, 0.15) is 28.8 Å². The number of carbonyl (C=O) groups is 2. The van der Waals surface area contributed by atoms with Gasteiger partial charge >= 0.3 is 5.97 Å². The lowest BCUT2D eigenvalue weighted by Gasteiger charge is -2.23. The van der Waals surface area contributed by atoms with Crippen LogP contribution in [0.25, 0.3) is 0 Å². The van der Waals surface area contributed by atoms with E-state index in [1.54, 1.807) is 0 Å². The Hall–Kier alpha value is -2.67. The molecule has 0 aromatic heterocycles. The van der Waals surface area contributed by atoms with E-state index in [-0.39, 0.29) is 73.4 Å². The third-order valence-corrected chi connectivity index (χ3v) is 7.47. The number of aromatic carboxylic acids is 1. The van der Waals surface area contributed by atoms with Gasteiger partial charge in [-0.1, -0.05) is 0 Å². The highest BCUT2D eigenvalue weighted by atomic mass is 35.5. The van der Waals surface area contributed by atoms with Gasteiger partial charge in [0, 0.05) is 44.7 Å². The normalized spacial score (nSPS) is 15.7. The second kappa shape index (κ2) is 11.8. The number of sulfonamides is 1. The van der Waals surface area contributed by atoms with E-state index in [4.69, 9.17) is 10.8 Å². The summed E-state index contributed by atoms with van der Waals surface area (Å²) in [6, 6.07) is 5.17. The van der Waals surface area contributed by atoms with Gasteiger partial charge in [0.25, 0.3) is 0 Å². The molecule has 3 N–H and O–H groups in total. The smallest absolute Gasteiger partial charge is 0.335 e. The standard InChI is InChI=1S/C22H24F3N3O5S.ClH/c23-18-13-20(25)19(24)11-15(18)10-16(26)12-21(29)27-6-1-7-28(9-8-27)34(32,33)17-4-2-14(3-5-17)22(30)31;/h2-5,11,13,16H,1,6-10,12,26H2,(H,30,31);1H/t16-;/m1./s1. The summed E-state index contributed by atoms with van der Waals surface area (Å²) < 4.78 is 67.4. The van der Waals surface area contributed by atoms with Gasteiger partial charge in [-0.15, -0.1) is 12.4 Å². The third-order valence-electron chi connectivity index (χ3n) is 5.55. The van der Waals surface area contributed by atoms with Crippen molar-refractivity contribution in [3.05, 3.63) is 65.0 Å². The van der Waals surface area contributed by atoms with E-state index in [0.717, 1.165) is 0 Å². The van der Waals surface area contributed by atoms with E-state index in [2.05, 4.69) is 0 Å². The lowest BCUT2D eigenvalue weighted by atomic mass is 10.0. The van der Waals surface area contributed by atoms with Crippen LogP contribution in [0.3, 0.4) is 0 Å². The zero-order chi connectivity index (χ0) is 25.0. The van der Waals surface area contributed by atoms with Crippen LogP contribution in [0, 0.1) is 17.5 Å². The molecule has 1 aliphatic heterocycles. The van der Waals surface area contributed by atoms with Gasteiger partial charge in [-0.05, 0) is 48.7 Å². The van der Waals surface area contributed by atoms with Crippen LogP contribution < -0.4 is 5.73 Å². The van der Waals surface area contributed by atoms with E-state index < -0.39 is 39.5 Å². The lowest BCUT2D eigenvalue weighted by Crippen LogP contribution is -2.40. The van der Waals surface area contributed by atoms with Crippen LogP contribution in [-0.2, 0) is 21.2 Å². The first kappa shape index (κ1) is 28.6. The molecule has 0 spiro atoms. The SMILES string of the molecule is Cl.N[C@@H](CC(=O)N1CCCN(S(=O)(=O)c2ccc(C(=O)O)cc2)CC1)Cc1cc(F)c(F)cc1F. The van der Waals surface area contributed by atoms with Gasteiger partial charge in [-0.3, -0.25) is 4.79 Å². The highest BCUT2D eigenvalue weighted by Crippen LogP contribution is 2.20. The van der Waals surface area contributed by atoms with Crippen molar-refractivity contribution < 1.29 is 36.3 Å². The van der Waals surface area contributed by atoms with Gasteiger partial charge in [0.05, 0.1) is 10.5 Å². The molecule has 8 nitrogen and oxygen atoms in total. The monoisotopic (exact) mass is 535 g/mol. The van der Waals surface area contributed by atoms with Crippen molar-refractivity contribution in [3.63, 3.8) is 0 Å². The van der Waals surface area contributed by atoms with Gasteiger partial charge in [0.1, 0.15) is 5.82 Å². The van der Waals surface area contributed by atoms with Gasteiger partial charge in [0.2, 0.25) is 15.9 Å². The maximum absolute atomic E-state index is 13.8. The predicted octanol–water partition coefficient (Wildman–Crippen LogP) is 2.41. The van der Waals surface area contributed by atoms with Crippen LogP contribution in [0.15, 0.2) is 41.3 Å².